The Morgan fingerprint density at radius 1 is 1.08 bits per heavy atom. The molecule has 1 saturated carbocycles. The number of carbonyl (C=O) groups is 4. The van der Waals surface area contributed by atoms with Crippen LogP contribution in [0.4, 0.5) is 5.69 Å². The lowest BCUT2D eigenvalue weighted by Gasteiger charge is -2.27. The highest BCUT2D eigenvalue weighted by molar-refractivity contribution is 6.24. The van der Waals surface area contributed by atoms with Crippen LogP contribution in [0.1, 0.15) is 45.7 Å². The van der Waals surface area contributed by atoms with E-state index in [1.165, 1.54) is 0 Å². The molecule has 2 amide bonds. The van der Waals surface area contributed by atoms with Gasteiger partial charge in [-0.15, -0.1) is 0 Å². The van der Waals surface area contributed by atoms with Crippen molar-refractivity contribution in [2.45, 2.75) is 31.8 Å². The van der Waals surface area contributed by atoms with Gasteiger partial charge in [-0.25, -0.2) is 0 Å². The van der Waals surface area contributed by atoms with Gasteiger partial charge >= 0.3 is 0 Å². The summed E-state index contributed by atoms with van der Waals surface area (Å²) in [6, 6.07) is 7.66. The largest absolute Gasteiger partial charge is 0.467 e. The molecule has 0 radical (unpaired) electrons. The Kier molecular flexibility index (Phi) is 3.91. The van der Waals surface area contributed by atoms with Crippen LogP contribution in [0.3, 0.4) is 0 Å². The van der Waals surface area contributed by atoms with Crippen molar-refractivity contribution < 1.29 is 23.6 Å². The molecule has 1 aliphatic carbocycles. The van der Waals surface area contributed by atoms with Crippen molar-refractivity contribution in [1.29, 1.82) is 0 Å². The van der Waals surface area contributed by atoms with Gasteiger partial charge in [0.05, 0.1) is 36.4 Å². The maximum Gasteiger partial charge on any atom is 0.262 e. The molecule has 1 aromatic carbocycles. The summed E-state index contributed by atoms with van der Waals surface area (Å²) in [6.07, 6.45) is 1.77. The maximum absolute atomic E-state index is 12.7. The molecule has 1 unspecified atom stereocenters. The number of amides is 2. The minimum absolute atomic E-state index is 0.146. The SMILES string of the molecule is O=C1CCC(N2C(=O)c3ccc(NCc4ccco4)cc3C2=O)C(=O)C1. The number of benzene rings is 1. The molecule has 0 saturated heterocycles. The molecular weight excluding hydrogens is 336 g/mol. The van der Waals surface area contributed by atoms with Crippen LogP contribution in [0.25, 0.3) is 0 Å². The van der Waals surface area contributed by atoms with Gasteiger partial charge in [-0.1, -0.05) is 0 Å². The summed E-state index contributed by atoms with van der Waals surface area (Å²) in [6.45, 7) is 0.445. The number of imide groups is 1. The second kappa shape index (κ2) is 6.25. The van der Waals surface area contributed by atoms with Crippen LogP contribution in [0.2, 0.25) is 0 Å². The van der Waals surface area contributed by atoms with Crippen molar-refractivity contribution >= 4 is 29.1 Å². The van der Waals surface area contributed by atoms with Crippen LogP contribution in [0.5, 0.6) is 0 Å². The average molecular weight is 352 g/mol. The van der Waals surface area contributed by atoms with E-state index >= 15 is 0 Å². The Balaban J connectivity index is 1.56. The summed E-state index contributed by atoms with van der Waals surface area (Å²) in [5.41, 5.74) is 1.22. The summed E-state index contributed by atoms with van der Waals surface area (Å²) in [4.78, 5) is 49.9. The first kappa shape index (κ1) is 16.3. The number of furan rings is 1. The molecule has 1 aliphatic heterocycles. The van der Waals surface area contributed by atoms with Crippen molar-refractivity contribution in [3.8, 4) is 0 Å². The molecule has 0 bridgehead atoms. The van der Waals surface area contributed by atoms with Gasteiger partial charge < -0.3 is 9.73 Å². The Bertz CT molecular complexity index is 916. The van der Waals surface area contributed by atoms with Gasteiger partial charge in [0.1, 0.15) is 11.5 Å². The molecule has 2 aliphatic rings. The molecule has 1 atom stereocenters. The van der Waals surface area contributed by atoms with Crippen molar-refractivity contribution in [2.75, 3.05) is 5.32 Å². The van der Waals surface area contributed by atoms with E-state index in [0.717, 1.165) is 10.7 Å². The van der Waals surface area contributed by atoms with E-state index in [-0.39, 0.29) is 42.0 Å². The molecular formula is C19H16N2O5. The number of anilines is 1. The zero-order chi connectivity index (χ0) is 18.3. The molecule has 0 spiro atoms. The highest BCUT2D eigenvalue weighted by Crippen LogP contribution is 2.30. The van der Waals surface area contributed by atoms with Gasteiger partial charge in [0.25, 0.3) is 11.8 Å². The number of fused-ring (bicyclic) bond motifs is 1. The van der Waals surface area contributed by atoms with E-state index in [2.05, 4.69) is 5.32 Å². The van der Waals surface area contributed by atoms with E-state index < -0.39 is 17.9 Å². The monoisotopic (exact) mass is 352 g/mol. The minimum Gasteiger partial charge on any atom is -0.467 e. The second-order valence-corrected chi connectivity index (χ2v) is 6.41. The Morgan fingerprint density at radius 3 is 2.62 bits per heavy atom. The third kappa shape index (κ3) is 2.71. The maximum atomic E-state index is 12.7. The number of carbonyl (C=O) groups excluding carboxylic acids is 4. The van der Waals surface area contributed by atoms with E-state index in [1.807, 2.05) is 6.07 Å². The van der Waals surface area contributed by atoms with Crippen molar-refractivity contribution in [2.24, 2.45) is 0 Å². The number of hydrogen-bond donors (Lipinski definition) is 1. The molecule has 26 heavy (non-hydrogen) atoms. The fourth-order valence-electron chi connectivity index (χ4n) is 3.39. The van der Waals surface area contributed by atoms with Gasteiger partial charge in [0.15, 0.2) is 5.78 Å². The van der Waals surface area contributed by atoms with E-state index in [1.54, 1.807) is 30.5 Å². The number of nitrogens with zero attached hydrogens (tertiary/aromatic N) is 1. The number of hydrogen-bond acceptors (Lipinski definition) is 6. The molecule has 1 fully saturated rings. The van der Waals surface area contributed by atoms with Crippen LogP contribution < -0.4 is 5.32 Å². The third-order valence-corrected chi connectivity index (χ3v) is 4.72. The van der Waals surface area contributed by atoms with Gasteiger partial charge in [-0.05, 0) is 36.8 Å². The van der Waals surface area contributed by atoms with E-state index in [0.29, 0.717) is 12.2 Å². The van der Waals surface area contributed by atoms with Crippen LogP contribution in [-0.2, 0) is 16.1 Å². The third-order valence-electron chi connectivity index (χ3n) is 4.72. The summed E-state index contributed by atoms with van der Waals surface area (Å²) < 4.78 is 5.25. The molecule has 7 heteroatoms. The van der Waals surface area contributed by atoms with Gasteiger partial charge in [0, 0.05) is 12.1 Å². The standard InChI is InChI=1S/C19H16N2O5/c22-12-4-6-16(17(23)9-12)21-18(24)14-5-3-11(8-15(14)19(21)25)20-10-13-2-1-7-26-13/h1-3,5,7-8,16,20H,4,6,9-10H2. The fraction of sp³-hybridized carbons (Fsp3) is 0.263. The summed E-state index contributed by atoms with van der Waals surface area (Å²) in [5.74, 6) is -0.735. The molecule has 2 aromatic rings. The predicted molar refractivity (Wildman–Crippen MR) is 90.6 cm³/mol. The minimum atomic E-state index is -0.848. The quantitative estimate of drug-likeness (QED) is 0.669. The second-order valence-electron chi connectivity index (χ2n) is 6.41. The molecule has 4 rings (SSSR count). The number of nitrogens with one attached hydrogen (secondary N) is 1. The summed E-state index contributed by atoms with van der Waals surface area (Å²) >= 11 is 0. The van der Waals surface area contributed by atoms with Gasteiger partial charge in [-0.3, -0.25) is 24.1 Å². The van der Waals surface area contributed by atoms with Crippen LogP contribution in [-0.4, -0.2) is 34.3 Å². The van der Waals surface area contributed by atoms with Crippen LogP contribution in [0, 0.1) is 0 Å². The lowest BCUT2D eigenvalue weighted by Crippen LogP contribution is -2.47. The van der Waals surface area contributed by atoms with Crippen LogP contribution in [0.15, 0.2) is 41.0 Å². The summed E-state index contributed by atoms with van der Waals surface area (Å²) in [7, 11) is 0. The molecule has 132 valence electrons. The first-order valence-corrected chi connectivity index (χ1v) is 8.37. The summed E-state index contributed by atoms with van der Waals surface area (Å²) in [5, 5.41) is 3.13. The van der Waals surface area contributed by atoms with Crippen LogP contribution >= 0.6 is 0 Å². The normalized spacial score (nSPS) is 19.8. The fourth-order valence-corrected chi connectivity index (χ4v) is 3.39. The van der Waals surface area contributed by atoms with Gasteiger partial charge in [0.2, 0.25) is 0 Å². The molecule has 2 heterocycles. The smallest absolute Gasteiger partial charge is 0.262 e. The molecule has 1 N–H and O–H groups in total. The number of rotatable bonds is 4. The average Bonchev–Trinajstić information content (AvgIpc) is 3.22. The predicted octanol–water partition coefficient (Wildman–Crippen LogP) is 2.18. The Labute approximate surface area is 149 Å². The first-order chi connectivity index (χ1) is 12.5. The van der Waals surface area contributed by atoms with Crippen molar-refractivity contribution in [3.05, 3.63) is 53.5 Å². The van der Waals surface area contributed by atoms with Crippen molar-refractivity contribution in [3.63, 3.8) is 0 Å². The Morgan fingerprint density at radius 2 is 1.88 bits per heavy atom. The zero-order valence-corrected chi connectivity index (χ0v) is 13.9. The van der Waals surface area contributed by atoms with E-state index in [9.17, 15) is 19.2 Å². The highest BCUT2D eigenvalue weighted by atomic mass is 16.3. The molecule has 1 aromatic heterocycles. The lowest BCUT2D eigenvalue weighted by atomic mass is 9.92. The number of ketones is 2. The first-order valence-electron chi connectivity index (χ1n) is 8.37. The van der Waals surface area contributed by atoms with Crippen molar-refractivity contribution in [1.82, 2.24) is 4.90 Å². The zero-order valence-electron chi connectivity index (χ0n) is 13.9. The molecule has 7 nitrogen and oxygen atoms in total. The van der Waals surface area contributed by atoms with Gasteiger partial charge in [-0.2, -0.15) is 0 Å². The Hall–Kier alpha value is -3.22. The highest BCUT2D eigenvalue weighted by Gasteiger charge is 2.44. The van der Waals surface area contributed by atoms with E-state index in [4.69, 9.17) is 4.42 Å². The topological polar surface area (TPSA) is 96.7 Å². The lowest BCUT2D eigenvalue weighted by molar-refractivity contribution is -0.132. The number of Topliss-reactive ketones (excluding diaryl/α,β-unsaturated/α-hetero) is 2.